The number of allylic oxidation sites excluding steroid dienone is 1. The lowest BCUT2D eigenvalue weighted by molar-refractivity contribution is -0.140. The third kappa shape index (κ3) is 3.05. The molecule has 0 saturated carbocycles. The molecule has 0 atom stereocenters. The SMILES string of the molecule is C=CCCC(=O)N1CC(Oc2ccc3ccccc3n2)C1. The molecule has 0 radical (unpaired) electrons. The molecule has 1 aliphatic heterocycles. The zero-order chi connectivity index (χ0) is 14.7. The van der Waals surface area contributed by atoms with Gasteiger partial charge in [0.05, 0.1) is 18.6 Å². The van der Waals surface area contributed by atoms with Crippen molar-refractivity contribution in [1.29, 1.82) is 0 Å². The molecule has 3 rings (SSSR count). The van der Waals surface area contributed by atoms with Gasteiger partial charge in [0.25, 0.3) is 0 Å². The fourth-order valence-electron chi connectivity index (χ4n) is 2.38. The summed E-state index contributed by atoms with van der Waals surface area (Å²) < 4.78 is 5.82. The van der Waals surface area contributed by atoms with E-state index in [1.54, 1.807) is 6.08 Å². The van der Waals surface area contributed by atoms with Gasteiger partial charge in [-0.3, -0.25) is 4.79 Å². The van der Waals surface area contributed by atoms with Gasteiger partial charge in [-0.15, -0.1) is 6.58 Å². The van der Waals surface area contributed by atoms with E-state index in [9.17, 15) is 4.79 Å². The number of carbonyl (C=O) groups excluding carboxylic acids is 1. The Kier molecular flexibility index (Phi) is 3.86. The molecule has 0 bridgehead atoms. The van der Waals surface area contributed by atoms with Crippen molar-refractivity contribution in [3.63, 3.8) is 0 Å². The molecule has 108 valence electrons. The van der Waals surface area contributed by atoms with E-state index in [1.807, 2.05) is 41.3 Å². The Hall–Kier alpha value is -2.36. The molecule has 1 aromatic carbocycles. The van der Waals surface area contributed by atoms with E-state index in [-0.39, 0.29) is 12.0 Å². The van der Waals surface area contributed by atoms with Gasteiger partial charge in [-0.2, -0.15) is 0 Å². The van der Waals surface area contributed by atoms with Gasteiger partial charge >= 0.3 is 0 Å². The maximum atomic E-state index is 11.8. The summed E-state index contributed by atoms with van der Waals surface area (Å²) in [5, 5.41) is 1.10. The van der Waals surface area contributed by atoms with Crippen LogP contribution in [0.5, 0.6) is 5.88 Å². The summed E-state index contributed by atoms with van der Waals surface area (Å²) >= 11 is 0. The van der Waals surface area contributed by atoms with Crippen LogP contribution in [0.1, 0.15) is 12.8 Å². The number of hydrogen-bond donors (Lipinski definition) is 0. The second-order valence-corrected chi connectivity index (χ2v) is 5.21. The molecule has 0 unspecified atom stereocenters. The smallest absolute Gasteiger partial charge is 0.223 e. The Bertz CT molecular complexity index is 663. The molecule has 4 nitrogen and oxygen atoms in total. The minimum Gasteiger partial charge on any atom is -0.471 e. The Morgan fingerprint density at radius 1 is 1.33 bits per heavy atom. The molecular formula is C17H18N2O2. The van der Waals surface area contributed by atoms with Crippen molar-refractivity contribution in [2.45, 2.75) is 18.9 Å². The van der Waals surface area contributed by atoms with E-state index in [0.717, 1.165) is 17.3 Å². The van der Waals surface area contributed by atoms with Crippen molar-refractivity contribution in [1.82, 2.24) is 9.88 Å². The van der Waals surface area contributed by atoms with Crippen LogP contribution < -0.4 is 4.74 Å². The topological polar surface area (TPSA) is 42.4 Å². The molecule has 1 fully saturated rings. The molecule has 1 amide bonds. The molecule has 1 saturated heterocycles. The van der Waals surface area contributed by atoms with E-state index in [2.05, 4.69) is 11.6 Å². The van der Waals surface area contributed by atoms with Crippen LogP contribution in [-0.2, 0) is 4.79 Å². The maximum Gasteiger partial charge on any atom is 0.223 e. The molecule has 0 aliphatic carbocycles. The molecule has 2 aromatic rings. The molecule has 2 heterocycles. The molecule has 0 N–H and O–H groups in total. The second-order valence-electron chi connectivity index (χ2n) is 5.21. The van der Waals surface area contributed by atoms with Crippen LogP contribution in [0.25, 0.3) is 10.9 Å². The lowest BCUT2D eigenvalue weighted by Gasteiger charge is -2.38. The first-order chi connectivity index (χ1) is 10.3. The predicted octanol–water partition coefficient (Wildman–Crippen LogP) is 2.79. The first kappa shape index (κ1) is 13.6. The number of para-hydroxylation sites is 1. The largest absolute Gasteiger partial charge is 0.471 e. The summed E-state index contributed by atoms with van der Waals surface area (Å²) in [6.07, 6.45) is 3.08. The number of nitrogens with zero attached hydrogens (tertiary/aromatic N) is 2. The van der Waals surface area contributed by atoms with Crippen LogP contribution in [0.3, 0.4) is 0 Å². The fourth-order valence-corrected chi connectivity index (χ4v) is 2.38. The average Bonchev–Trinajstić information content (AvgIpc) is 2.48. The van der Waals surface area contributed by atoms with Gasteiger partial charge < -0.3 is 9.64 Å². The van der Waals surface area contributed by atoms with Crippen molar-refractivity contribution >= 4 is 16.8 Å². The zero-order valence-corrected chi connectivity index (χ0v) is 11.9. The number of carbonyl (C=O) groups is 1. The van der Waals surface area contributed by atoms with E-state index < -0.39 is 0 Å². The van der Waals surface area contributed by atoms with Crippen LogP contribution in [0.4, 0.5) is 0 Å². The van der Waals surface area contributed by atoms with Crippen LogP contribution in [0, 0.1) is 0 Å². The highest BCUT2D eigenvalue weighted by Gasteiger charge is 2.31. The van der Waals surface area contributed by atoms with Crippen LogP contribution >= 0.6 is 0 Å². The highest BCUT2D eigenvalue weighted by Crippen LogP contribution is 2.20. The third-order valence-corrected chi connectivity index (χ3v) is 3.62. The normalized spacial score (nSPS) is 14.8. The van der Waals surface area contributed by atoms with Crippen molar-refractivity contribution in [2.24, 2.45) is 0 Å². The summed E-state index contributed by atoms with van der Waals surface area (Å²) in [7, 11) is 0. The van der Waals surface area contributed by atoms with Gasteiger partial charge in [0.15, 0.2) is 0 Å². The number of hydrogen-bond acceptors (Lipinski definition) is 3. The maximum absolute atomic E-state index is 11.8. The van der Waals surface area contributed by atoms with Crippen LogP contribution in [0.2, 0.25) is 0 Å². The van der Waals surface area contributed by atoms with Gasteiger partial charge in [-0.05, 0) is 18.6 Å². The van der Waals surface area contributed by atoms with Gasteiger partial charge in [0.2, 0.25) is 11.8 Å². The lowest BCUT2D eigenvalue weighted by atomic mass is 10.1. The number of ether oxygens (including phenoxy) is 1. The highest BCUT2D eigenvalue weighted by atomic mass is 16.5. The number of benzene rings is 1. The van der Waals surface area contributed by atoms with Crippen LogP contribution in [0.15, 0.2) is 49.1 Å². The highest BCUT2D eigenvalue weighted by molar-refractivity contribution is 5.79. The fraction of sp³-hybridized carbons (Fsp3) is 0.294. The zero-order valence-electron chi connectivity index (χ0n) is 11.9. The summed E-state index contributed by atoms with van der Waals surface area (Å²) in [4.78, 5) is 18.1. The van der Waals surface area contributed by atoms with E-state index in [1.165, 1.54) is 0 Å². The molecule has 0 spiro atoms. The first-order valence-electron chi connectivity index (χ1n) is 7.17. The van der Waals surface area contributed by atoms with E-state index >= 15 is 0 Å². The number of amides is 1. The van der Waals surface area contributed by atoms with Crippen molar-refractivity contribution in [3.8, 4) is 5.88 Å². The standard InChI is InChI=1S/C17H18N2O2/c1-2-3-8-17(20)19-11-14(12-19)21-16-10-9-13-6-4-5-7-15(13)18-16/h2,4-7,9-10,14H,1,3,8,11-12H2. The number of aromatic nitrogens is 1. The van der Waals surface area contributed by atoms with Crippen LogP contribution in [-0.4, -0.2) is 35.0 Å². The second kappa shape index (κ2) is 5.95. The predicted molar refractivity (Wildman–Crippen MR) is 82.2 cm³/mol. The number of rotatable bonds is 5. The van der Waals surface area contributed by atoms with Gasteiger partial charge in [0, 0.05) is 17.9 Å². The average molecular weight is 282 g/mol. The van der Waals surface area contributed by atoms with Crippen molar-refractivity contribution in [2.75, 3.05) is 13.1 Å². The monoisotopic (exact) mass is 282 g/mol. The van der Waals surface area contributed by atoms with Gasteiger partial charge in [-0.1, -0.05) is 24.3 Å². The summed E-state index contributed by atoms with van der Waals surface area (Å²) in [6, 6.07) is 11.8. The molecule has 1 aliphatic rings. The molecule has 4 heteroatoms. The minimum atomic E-state index is 0.0475. The molecule has 1 aromatic heterocycles. The van der Waals surface area contributed by atoms with E-state index in [0.29, 0.717) is 25.4 Å². The molecular weight excluding hydrogens is 264 g/mol. The van der Waals surface area contributed by atoms with Gasteiger partial charge in [0.1, 0.15) is 6.10 Å². The third-order valence-electron chi connectivity index (χ3n) is 3.62. The number of fused-ring (bicyclic) bond motifs is 1. The van der Waals surface area contributed by atoms with Crippen molar-refractivity contribution < 1.29 is 9.53 Å². The van der Waals surface area contributed by atoms with Crippen molar-refractivity contribution in [3.05, 3.63) is 49.1 Å². The molecule has 21 heavy (non-hydrogen) atoms. The summed E-state index contributed by atoms with van der Waals surface area (Å²) in [5.41, 5.74) is 0.924. The Morgan fingerprint density at radius 3 is 2.95 bits per heavy atom. The number of likely N-dealkylation sites (tertiary alicyclic amines) is 1. The Morgan fingerprint density at radius 2 is 2.14 bits per heavy atom. The Labute approximate surface area is 124 Å². The quantitative estimate of drug-likeness (QED) is 0.792. The Balaban J connectivity index is 1.56. The number of pyridine rings is 1. The van der Waals surface area contributed by atoms with Gasteiger partial charge in [-0.25, -0.2) is 4.98 Å². The summed E-state index contributed by atoms with van der Waals surface area (Å²) in [6.45, 7) is 4.91. The van der Waals surface area contributed by atoms with E-state index in [4.69, 9.17) is 4.74 Å². The first-order valence-corrected chi connectivity index (χ1v) is 7.17. The lowest BCUT2D eigenvalue weighted by Crippen LogP contribution is -2.56. The minimum absolute atomic E-state index is 0.0475. The summed E-state index contributed by atoms with van der Waals surface area (Å²) in [5.74, 6) is 0.790.